The summed E-state index contributed by atoms with van der Waals surface area (Å²) in [7, 11) is 1.60. The summed E-state index contributed by atoms with van der Waals surface area (Å²) in [4.78, 5) is 25.8. The average molecular weight is 314 g/mol. The van der Waals surface area contributed by atoms with Crippen LogP contribution in [0.2, 0.25) is 0 Å². The second-order valence-corrected chi connectivity index (χ2v) is 7.01. The lowest BCUT2D eigenvalue weighted by molar-refractivity contribution is -0.134. The Hall–Kier alpha value is -1.14. The fourth-order valence-electron chi connectivity index (χ4n) is 2.42. The predicted octanol–water partition coefficient (Wildman–Crippen LogP) is 1.19. The first kappa shape index (κ1) is 18.9. The molecule has 0 aliphatic carbocycles. The van der Waals surface area contributed by atoms with Gasteiger partial charge in [-0.05, 0) is 18.3 Å². The van der Waals surface area contributed by atoms with Crippen molar-refractivity contribution in [3.8, 4) is 0 Å². The number of piperidine rings is 1. The summed E-state index contributed by atoms with van der Waals surface area (Å²) >= 11 is 0. The average Bonchev–Trinajstić information content (AvgIpc) is 2.42. The molecule has 6 heteroatoms. The Bertz CT molecular complexity index is 358. The molecule has 0 aromatic carbocycles. The number of ether oxygens (including phenoxy) is 2. The molecule has 6 nitrogen and oxygen atoms in total. The van der Waals surface area contributed by atoms with Crippen LogP contribution in [0.5, 0.6) is 0 Å². The summed E-state index contributed by atoms with van der Waals surface area (Å²) in [6.45, 7) is 8.61. The monoisotopic (exact) mass is 314 g/mol. The molecular weight excluding hydrogens is 284 g/mol. The van der Waals surface area contributed by atoms with E-state index in [0.29, 0.717) is 32.7 Å². The Kier molecular flexibility index (Phi) is 7.82. The lowest BCUT2D eigenvalue weighted by atomic mass is 9.91. The van der Waals surface area contributed by atoms with Gasteiger partial charge in [-0.15, -0.1) is 0 Å². The number of amides is 2. The minimum Gasteiger partial charge on any atom is -0.382 e. The van der Waals surface area contributed by atoms with E-state index in [4.69, 9.17) is 9.47 Å². The lowest BCUT2D eigenvalue weighted by Gasteiger charge is -2.34. The van der Waals surface area contributed by atoms with E-state index in [9.17, 15) is 9.59 Å². The standard InChI is InChI=1S/C16H30N2O4/c1-16(2,3)11-15(20)18-7-5-13(6-8-18)17-14(19)12-22-10-9-21-4/h13H,5-12H2,1-4H3,(H,17,19). The van der Waals surface area contributed by atoms with Crippen molar-refractivity contribution in [1.82, 2.24) is 10.2 Å². The quantitative estimate of drug-likeness (QED) is 0.717. The first-order valence-corrected chi connectivity index (χ1v) is 7.95. The van der Waals surface area contributed by atoms with Crippen LogP contribution in [-0.2, 0) is 19.1 Å². The predicted molar refractivity (Wildman–Crippen MR) is 84.5 cm³/mol. The molecule has 0 aromatic rings. The molecule has 1 fully saturated rings. The first-order chi connectivity index (χ1) is 10.3. The van der Waals surface area contributed by atoms with Crippen LogP contribution in [0.1, 0.15) is 40.0 Å². The third kappa shape index (κ3) is 7.75. The number of rotatable bonds is 7. The van der Waals surface area contributed by atoms with Crippen molar-refractivity contribution in [2.45, 2.75) is 46.1 Å². The molecule has 1 aliphatic rings. The van der Waals surface area contributed by atoms with Crippen LogP contribution in [0.3, 0.4) is 0 Å². The zero-order chi connectivity index (χ0) is 16.6. The highest BCUT2D eigenvalue weighted by Gasteiger charge is 2.26. The summed E-state index contributed by atoms with van der Waals surface area (Å²) < 4.78 is 10.0. The number of hydrogen-bond acceptors (Lipinski definition) is 4. The van der Waals surface area contributed by atoms with E-state index >= 15 is 0 Å². The van der Waals surface area contributed by atoms with Gasteiger partial charge in [-0.1, -0.05) is 20.8 Å². The van der Waals surface area contributed by atoms with Gasteiger partial charge in [0.05, 0.1) is 13.2 Å². The van der Waals surface area contributed by atoms with Crippen LogP contribution in [-0.4, -0.2) is 62.8 Å². The molecule has 1 rings (SSSR count). The van der Waals surface area contributed by atoms with Gasteiger partial charge >= 0.3 is 0 Å². The third-order valence-corrected chi connectivity index (χ3v) is 3.56. The normalized spacial score (nSPS) is 16.6. The highest BCUT2D eigenvalue weighted by Crippen LogP contribution is 2.21. The number of hydrogen-bond donors (Lipinski definition) is 1. The summed E-state index contributed by atoms with van der Waals surface area (Å²) in [5, 5.41) is 2.96. The Morgan fingerprint density at radius 3 is 2.36 bits per heavy atom. The van der Waals surface area contributed by atoms with Crippen LogP contribution >= 0.6 is 0 Å². The van der Waals surface area contributed by atoms with E-state index in [1.807, 2.05) is 4.90 Å². The largest absolute Gasteiger partial charge is 0.382 e. The fraction of sp³-hybridized carbons (Fsp3) is 0.875. The molecule has 1 N–H and O–H groups in total. The molecule has 0 spiro atoms. The molecule has 2 amide bonds. The van der Waals surface area contributed by atoms with Crippen LogP contribution in [0.25, 0.3) is 0 Å². The van der Waals surface area contributed by atoms with Crippen LogP contribution in [0.4, 0.5) is 0 Å². The SMILES string of the molecule is COCCOCC(=O)NC1CCN(C(=O)CC(C)(C)C)CC1. The van der Waals surface area contributed by atoms with Crippen LogP contribution in [0.15, 0.2) is 0 Å². The van der Waals surface area contributed by atoms with Gasteiger partial charge in [-0.3, -0.25) is 9.59 Å². The van der Waals surface area contributed by atoms with E-state index in [-0.39, 0.29) is 29.9 Å². The zero-order valence-electron chi connectivity index (χ0n) is 14.3. The van der Waals surface area contributed by atoms with Gasteiger partial charge in [-0.25, -0.2) is 0 Å². The van der Waals surface area contributed by atoms with Crippen molar-refractivity contribution in [2.24, 2.45) is 5.41 Å². The van der Waals surface area contributed by atoms with Gasteiger partial charge in [0.25, 0.3) is 0 Å². The second-order valence-electron chi connectivity index (χ2n) is 7.01. The molecule has 0 atom stereocenters. The number of nitrogens with one attached hydrogen (secondary N) is 1. The van der Waals surface area contributed by atoms with E-state index in [1.165, 1.54) is 0 Å². The molecule has 0 radical (unpaired) electrons. The maximum absolute atomic E-state index is 12.2. The number of likely N-dealkylation sites (tertiary alicyclic amines) is 1. The van der Waals surface area contributed by atoms with Crippen molar-refractivity contribution in [3.05, 3.63) is 0 Å². The van der Waals surface area contributed by atoms with Crippen molar-refractivity contribution in [3.63, 3.8) is 0 Å². The summed E-state index contributed by atoms with van der Waals surface area (Å²) in [5.74, 6) is 0.107. The Labute approximate surface area is 133 Å². The molecule has 22 heavy (non-hydrogen) atoms. The number of methoxy groups -OCH3 is 1. The Balaban J connectivity index is 2.22. The summed E-state index contributed by atoms with van der Waals surface area (Å²) in [6.07, 6.45) is 2.18. The highest BCUT2D eigenvalue weighted by molar-refractivity contribution is 5.78. The van der Waals surface area contributed by atoms with Gasteiger partial charge in [0, 0.05) is 32.7 Å². The Morgan fingerprint density at radius 1 is 1.18 bits per heavy atom. The van der Waals surface area contributed by atoms with Crippen molar-refractivity contribution in [1.29, 1.82) is 0 Å². The number of nitrogens with zero attached hydrogens (tertiary/aromatic N) is 1. The summed E-state index contributed by atoms with van der Waals surface area (Å²) in [5.41, 5.74) is 0.0156. The Morgan fingerprint density at radius 2 is 1.82 bits per heavy atom. The fourth-order valence-corrected chi connectivity index (χ4v) is 2.42. The van der Waals surface area contributed by atoms with Crippen molar-refractivity contribution < 1.29 is 19.1 Å². The molecule has 1 aliphatic heterocycles. The van der Waals surface area contributed by atoms with Gasteiger partial charge in [0.15, 0.2) is 0 Å². The maximum Gasteiger partial charge on any atom is 0.246 e. The van der Waals surface area contributed by atoms with Crippen LogP contribution < -0.4 is 5.32 Å². The minimum atomic E-state index is -0.101. The maximum atomic E-state index is 12.2. The van der Waals surface area contributed by atoms with Crippen molar-refractivity contribution in [2.75, 3.05) is 40.0 Å². The summed E-state index contributed by atoms with van der Waals surface area (Å²) in [6, 6.07) is 0.136. The molecular formula is C16H30N2O4. The van der Waals surface area contributed by atoms with E-state index in [1.54, 1.807) is 7.11 Å². The number of carbonyl (C=O) groups is 2. The second kappa shape index (κ2) is 9.10. The van der Waals surface area contributed by atoms with E-state index in [2.05, 4.69) is 26.1 Å². The van der Waals surface area contributed by atoms with Gasteiger partial charge in [0.2, 0.25) is 11.8 Å². The van der Waals surface area contributed by atoms with Crippen molar-refractivity contribution >= 4 is 11.8 Å². The molecule has 0 aromatic heterocycles. The van der Waals surface area contributed by atoms with E-state index < -0.39 is 0 Å². The van der Waals surface area contributed by atoms with Crippen LogP contribution in [0, 0.1) is 5.41 Å². The molecule has 0 unspecified atom stereocenters. The van der Waals surface area contributed by atoms with Gasteiger partial charge in [-0.2, -0.15) is 0 Å². The third-order valence-electron chi connectivity index (χ3n) is 3.56. The van der Waals surface area contributed by atoms with Gasteiger partial charge < -0.3 is 19.7 Å². The number of carbonyl (C=O) groups excluding carboxylic acids is 2. The minimum absolute atomic E-state index is 0.0156. The smallest absolute Gasteiger partial charge is 0.246 e. The lowest BCUT2D eigenvalue weighted by Crippen LogP contribution is -2.47. The van der Waals surface area contributed by atoms with Gasteiger partial charge in [0.1, 0.15) is 6.61 Å². The molecule has 0 saturated carbocycles. The first-order valence-electron chi connectivity index (χ1n) is 7.95. The molecule has 1 heterocycles. The zero-order valence-corrected chi connectivity index (χ0v) is 14.3. The molecule has 1 saturated heterocycles. The molecule has 0 bridgehead atoms. The molecule has 128 valence electrons. The topological polar surface area (TPSA) is 67.9 Å². The highest BCUT2D eigenvalue weighted by atomic mass is 16.5. The van der Waals surface area contributed by atoms with E-state index in [0.717, 1.165) is 12.8 Å².